The number of hydrogen-bond acceptors (Lipinski definition) is 3. The first kappa shape index (κ1) is 20.9. The van der Waals surface area contributed by atoms with Crippen LogP contribution in [0, 0.1) is 0 Å². The van der Waals surface area contributed by atoms with Gasteiger partial charge in [0, 0.05) is 29.6 Å². The maximum Gasteiger partial charge on any atom is 0.435 e. The average Bonchev–Trinajstić information content (AvgIpc) is 3.39. The molecule has 1 saturated carbocycles. The van der Waals surface area contributed by atoms with Crippen molar-refractivity contribution in [2.24, 2.45) is 5.73 Å². The van der Waals surface area contributed by atoms with Gasteiger partial charge in [0.2, 0.25) is 5.91 Å². The van der Waals surface area contributed by atoms with Crippen molar-refractivity contribution >= 4 is 18.3 Å². The van der Waals surface area contributed by atoms with E-state index < -0.39 is 17.8 Å². The summed E-state index contributed by atoms with van der Waals surface area (Å²) in [6.07, 6.45) is 0.563. The molecule has 152 valence electrons. The number of alkyl halides is 3. The van der Waals surface area contributed by atoms with Gasteiger partial charge in [0.05, 0.1) is 12.1 Å². The lowest BCUT2D eigenvalue weighted by Gasteiger charge is -2.10. The first-order valence-corrected chi connectivity index (χ1v) is 8.82. The normalized spacial score (nSPS) is 13.8. The summed E-state index contributed by atoms with van der Waals surface area (Å²) in [4.78, 5) is 15.4. The Morgan fingerprint density at radius 2 is 1.86 bits per heavy atom. The lowest BCUT2D eigenvalue weighted by molar-refractivity contribution is -0.141. The highest BCUT2D eigenvalue weighted by Crippen LogP contribution is 2.43. The predicted molar refractivity (Wildman–Crippen MR) is 104 cm³/mol. The third kappa shape index (κ3) is 4.42. The number of benzene rings is 1. The fraction of sp³-hybridized carbons (Fsp3) is 0.250. The minimum atomic E-state index is -4.48. The van der Waals surface area contributed by atoms with E-state index in [1.54, 1.807) is 42.7 Å². The maximum atomic E-state index is 13.1. The number of hydrogen-bond donors (Lipinski definition) is 1. The molecule has 1 aliphatic carbocycles. The van der Waals surface area contributed by atoms with Crippen LogP contribution in [0.25, 0.3) is 16.8 Å². The molecule has 5 nitrogen and oxygen atoms in total. The average molecular weight is 423 g/mol. The highest BCUT2D eigenvalue weighted by atomic mass is 35.5. The predicted octanol–water partition coefficient (Wildman–Crippen LogP) is 4.28. The highest BCUT2D eigenvalue weighted by Gasteiger charge is 2.38. The van der Waals surface area contributed by atoms with Crippen LogP contribution in [0.15, 0.2) is 48.8 Å². The summed E-state index contributed by atoms with van der Waals surface area (Å²) < 4.78 is 40.7. The van der Waals surface area contributed by atoms with Gasteiger partial charge in [-0.05, 0) is 48.2 Å². The monoisotopic (exact) mass is 422 g/mol. The van der Waals surface area contributed by atoms with E-state index >= 15 is 0 Å². The van der Waals surface area contributed by atoms with Crippen molar-refractivity contribution in [1.29, 1.82) is 0 Å². The number of nitrogens with zero attached hydrogens (tertiary/aromatic N) is 3. The summed E-state index contributed by atoms with van der Waals surface area (Å²) in [6, 6.07) is 9.86. The van der Waals surface area contributed by atoms with Crippen molar-refractivity contribution in [1.82, 2.24) is 14.8 Å². The van der Waals surface area contributed by atoms with Crippen LogP contribution in [0.2, 0.25) is 0 Å². The molecule has 0 radical (unpaired) electrons. The van der Waals surface area contributed by atoms with E-state index in [0.717, 1.165) is 35.6 Å². The van der Waals surface area contributed by atoms with E-state index in [4.69, 9.17) is 5.73 Å². The second-order valence-electron chi connectivity index (χ2n) is 6.86. The zero-order chi connectivity index (χ0) is 19.9. The molecule has 0 bridgehead atoms. The number of pyridine rings is 1. The maximum absolute atomic E-state index is 13.1. The zero-order valence-electron chi connectivity index (χ0n) is 15.2. The Labute approximate surface area is 171 Å². The van der Waals surface area contributed by atoms with Gasteiger partial charge in [-0.15, -0.1) is 12.4 Å². The lowest BCUT2D eigenvalue weighted by atomic mass is 9.99. The number of halogens is 4. The Kier molecular flexibility index (Phi) is 5.66. The summed E-state index contributed by atoms with van der Waals surface area (Å²) in [5, 5.41) is 3.79. The molecule has 0 aliphatic heterocycles. The second-order valence-corrected chi connectivity index (χ2v) is 6.86. The van der Waals surface area contributed by atoms with Gasteiger partial charge in [-0.25, -0.2) is 4.68 Å². The van der Waals surface area contributed by atoms with Crippen molar-refractivity contribution in [3.8, 4) is 16.8 Å². The van der Waals surface area contributed by atoms with E-state index in [9.17, 15) is 18.0 Å². The van der Waals surface area contributed by atoms with Crippen LogP contribution >= 0.6 is 12.4 Å². The number of carbonyl (C=O) groups excluding carboxylic acids is 1. The number of rotatable bonds is 5. The summed E-state index contributed by atoms with van der Waals surface area (Å²) in [6.45, 7) is 0. The third-order valence-electron chi connectivity index (χ3n) is 4.72. The quantitative estimate of drug-likeness (QED) is 0.667. The van der Waals surface area contributed by atoms with Crippen LogP contribution in [0.4, 0.5) is 13.2 Å². The molecule has 2 heterocycles. The smallest absolute Gasteiger partial charge is 0.369 e. The van der Waals surface area contributed by atoms with Crippen molar-refractivity contribution in [2.45, 2.75) is 31.4 Å². The van der Waals surface area contributed by atoms with Gasteiger partial charge < -0.3 is 5.73 Å². The van der Waals surface area contributed by atoms with Crippen LogP contribution in [0.5, 0.6) is 0 Å². The van der Waals surface area contributed by atoms with E-state index in [-0.39, 0.29) is 24.7 Å². The third-order valence-corrected chi connectivity index (χ3v) is 4.72. The zero-order valence-corrected chi connectivity index (χ0v) is 16.0. The molecule has 1 amide bonds. The first-order chi connectivity index (χ1) is 13.3. The van der Waals surface area contributed by atoms with E-state index in [0.29, 0.717) is 11.4 Å². The van der Waals surface area contributed by atoms with Gasteiger partial charge in [0.25, 0.3) is 0 Å². The fourth-order valence-corrected chi connectivity index (χ4v) is 3.22. The molecule has 29 heavy (non-hydrogen) atoms. The standard InChI is InChI=1S/C20H17F3N4O.ClH/c21-20(22,23)18-10-17(13-1-2-13)27(26-18)15-5-3-12(4-6-15)16-11-25-8-7-14(16)9-19(24)28;/h3-8,10-11,13H,1-2,9H2,(H2,24,28);1H. The molecule has 0 atom stereocenters. The highest BCUT2D eigenvalue weighted by molar-refractivity contribution is 5.85. The Balaban J connectivity index is 0.00000240. The van der Waals surface area contributed by atoms with Crippen molar-refractivity contribution in [3.63, 3.8) is 0 Å². The molecule has 1 aliphatic rings. The number of primary amides is 1. The topological polar surface area (TPSA) is 73.8 Å². The van der Waals surface area contributed by atoms with Crippen molar-refractivity contribution in [3.05, 3.63) is 65.7 Å². The van der Waals surface area contributed by atoms with Crippen LogP contribution in [-0.2, 0) is 17.4 Å². The fourth-order valence-electron chi connectivity index (χ4n) is 3.22. The minimum Gasteiger partial charge on any atom is -0.369 e. The summed E-state index contributed by atoms with van der Waals surface area (Å²) in [5.41, 5.74) is 7.85. The lowest BCUT2D eigenvalue weighted by Crippen LogP contribution is -2.14. The molecular formula is C20H18ClF3N4O. The number of amides is 1. The van der Waals surface area contributed by atoms with Crippen LogP contribution < -0.4 is 5.73 Å². The molecule has 2 aromatic heterocycles. The second kappa shape index (κ2) is 7.87. The molecule has 0 spiro atoms. The van der Waals surface area contributed by atoms with Gasteiger partial charge in [-0.2, -0.15) is 18.3 Å². The Morgan fingerprint density at radius 1 is 1.17 bits per heavy atom. The summed E-state index contributed by atoms with van der Waals surface area (Å²) in [5.74, 6) is -0.335. The molecular weight excluding hydrogens is 405 g/mol. The summed E-state index contributed by atoms with van der Waals surface area (Å²) in [7, 11) is 0. The molecule has 2 N–H and O–H groups in total. The van der Waals surface area contributed by atoms with Gasteiger partial charge in [0.15, 0.2) is 5.69 Å². The van der Waals surface area contributed by atoms with E-state index in [1.807, 2.05) is 0 Å². The van der Waals surface area contributed by atoms with Crippen molar-refractivity contribution in [2.75, 3.05) is 0 Å². The molecule has 3 aromatic rings. The number of nitrogens with two attached hydrogens (primary N) is 1. The molecule has 1 fully saturated rings. The van der Waals surface area contributed by atoms with Crippen LogP contribution in [0.1, 0.15) is 35.7 Å². The van der Waals surface area contributed by atoms with Gasteiger partial charge in [-0.1, -0.05) is 12.1 Å². The first-order valence-electron chi connectivity index (χ1n) is 8.82. The molecule has 4 rings (SSSR count). The number of carbonyl (C=O) groups is 1. The summed E-state index contributed by atoms with van der Waals surface area (Å²) >= 11 is 0. The van der Waals surface area contributed by atoms with E-state index in [2.05, 4.69) is 10.1 Å². The molecule has 0 unspecified atom stereocenters. The van der Waals surface area contributed by atoms with Crippen molar-refractivity contribution < 1.29 is 18.0 Å². The van der Waals surface area contributed by atoms with Gasteiger partial charge >= 0.3 is 6.18 Å². The van der Waals surface area contributed by atoms with Crippen LogP contribution in [0.3, 0.4) is 0 Å². The Hall–Kier alpha value is -2.87. The number of aromatic nitrogens is 3. The molecule has 0 saturated heterocycles. The molecule has 9 heteroatoms. The van der Waals surface area contributed by atoms with Crippen LogP contribution in [-0.4, -0.2) is 20.7 Å². The Morgan fingerprint density at radius 3 is 2.45 bits per heavy atom. The largest absolute Gasteiger partial charge is 0.435 e. The van der Waals surface area contributed by atoms with Gasteiger partial charge in [-0.3, -0.25) is 9.78 Å². The van der Waals surface area contributed by atoms with E-state index in [1.165, 1.54) is 4.68 Å². The Bertz CT molecular complexity index is 1030. The van der Waals surface area contributed by atoms with Gasteiger partial charge in [0.1, 0.15) is 0 Å². The molecule has 1 aromatic carbocycles. The SMILES string of the molecule is Cl.NC(=O)Cc1ccncc1-c1ccc(-n2nc(C(F)(F)F)cc2C2CC2)cc1. The minimum absolute atomic E-state index is 0.